The molecule has 0 aliphatic rings. The molecule has 264 valence electrons. The second kappa shape index (κ2) is 14.4. The summed E-state index contributed by atoms with van der Waals surface area (Å²) in [6, 6.07) is 58.7. The van der Waals surface area contributed by atoms with Gasteiger partial charge >= 0.3 is 0 Å². The predicted octanol–water partition coefficient (Wildman–Crippen LogP) is 16.0. The van der Waals surface area contributed by atoms with Crippen LogP contribution in [0.2, 0.25) is 0 Å². The fourth-order valence-electron chi connectivity index (χ4n) is 8.54. The van der Waals surface area contributed by atoms with Gasteiger partial charge in [-0.3, -0.25) is 0 Å². The molecule has 9 aromatic rings. The molecule has 0 aliphatic carbocycles. The molecular weight excluding hydrogens is 661 g/mol. The summed E-state index contributed by atoms with van der Waals surface area (Å²) >= 11 is 0. The zero-order valence-corrected chi connectivity index (χ0v) is 32.0. The molecule has 9 rings (SSSR count). The van der Waals surface area contributed by atoms with Crippen molar-refractivity contribution in [1.29, 1.82) is 0 Å². The maximum absolute atomic E-state index is 2.39. The molecule has 0 N–H and O–H groups in total. The third-order valence-corrected chi connectivity index (χ3v) is 11.5. The normalized spacial score (nSPS) is 11.9. The first-order valence-electron chi connectivity index (χ1n) is 19.5. The average molecular weight is 705 g/mol. The third-order valence-electron chi connectivity index (χ3n) is 11.5. The molecule has 0 nitrogen and oxygen atoms in total. The summed E-state index contributed by atoms with van der Waals surface area (Å²) in [4.78, 5) is 0. The number of rotatable bonds is 7. The van der Waals surface area contributed by atoms with Crippen LogP contribution in [0.1, 0.15) is 42.5 Å². The van der Waals surface area contributed by atoms with Gasteiger partial charge in [0.15, 0.2) is 0 Å². The molecule has 0 atom stereocenters. The van der Waals surface area contributed by atoms with Gasteiger partial charge in [-0.15, -0.1) is 0 Å². The molecule has 0 unspecified atom stereocenters. The van der Waals surface area contributed by atoms with E-state index < -0.39 is 0 Å². The lowest BCUT2D eigenvalue weighted by Gasteiger charge is -2.17. The first-order chi connectivity index (χ1) is 27.0. The van der Waals surface area contributed by atoms with Crippen molar-refractivity contribution in [3.8, 4) is 44.5 Å². The van der Waals surface area contributed by atoms with Crippen LogP contribution in [0.15, 0.2) is 170 Å². The third kappa shape index (κ3) is 6.15. The molecule has 0 saturated carbocycles. The lowest BCUT2D eigenvalue weighted by atomic mass is 9.87. The minimum atomic E-state index is 1.01. The van der Waals surface area contributed by atoms with Crippen LogP contribution in [-0.4, -0.2) is 0 Å². The van der Waals surface area contributed by atoms with Gasteiger partial charge in [0.25, 0.3) is 0 Å². The predicted molar refractivity (Wildman–Crippen MR) is 242 cm³/mol. The summed E-state index contributed by atoms with van der Waals surface area (Å²) in [5.74, 6) is 0. The Morgan fingerprint density at radius 2 is 0.927 bits per heavy atom. The zero-order valence-electron chi connectivity index (χ0n) is 32.0. The summed E-state index contributed by atoms with van der Waals surface area (Å²) in [5, 5.41) is 10.2. The Labute approximate surface area is 324 Å². The number of fused-ring (bicyclic) bond motifs is 6. The van der Waals surface area contributed by atoms with Crippen LogP contribution in [0.3, 0.4) is 0 Å². The summed E-state index contributed by atoms with van der Waals surface area (Å²) in [6.07, 6.45) is 9.96. The smallest absolute Gasteiger partial charge is 0.00988 e. The zero-order chi connectivity index (χ0) is 37.5. The van der Waals surface area contributed by atoms with Crippen LogP contribution in [0.4, 0.5) is 0 Å². The number of benzene rings is 9. The first kappa shape index (κ1) is 34.3. The summed E-state index contributed by atoms with van der Waals surface area (Å²) in [7, 11) is 0. The lowest BCUT2D eigenvalue weighted by Crippen LogP contribution is -1.95. The number of allylic oxidation sites excluding steroid dienone is 2. The van der Waals surface area contributed by atoms with Gasteiger partial charge in [0, 0.05) is 0 Å². The van der Waals surface area contributed by atoms with Crippen molar-refractivity contribution in [3.63, 3.8) is 0 Å². The Bertz CT molecular complexity index is 2990. The van der Waals surface area contributed by atoms with Crippen LogP contribution in [-0.2, 0) is 0 Å². The summed E-state index contributed by atoms with van der Waals surface area (Å²) in [6.45, 7) is 8.79. The van der Waals surface area contributed by atoms with E-state index >= 15 is 0 Å². The van der Waals surface area contributed by atoms with Crippen molar-refractivity contribution in [1.82, 2.24) is 0 Å². The van der Waals surface area contributed by atoms with Crippen molar-refractivity contribution in [2.45, 2.75) is 34.1 Å². The van der Waals surface area contributed by atoms with Gasteiger partial charge in [-0.2, -0.15) is 0 Å². The first-order valence-corrected chi connectivity index (χ1v) is 19.5. The van der Waals surface area contributed by atoms with Crippen LogP contribution in [0, 0.1) is 13.8 Å². The van der Waals surface area contributed by atoms with Gasteiger partial charge in [0.05, 0.1) is 0 Å². The molecule has 0 fully saturated rings. The van der Waals surface area contributed by atoms with Crippen LogP contribution >= 0.6 is 0 Å². The summed E-state index contributed by atoms with van der Waals surface area (Å²) < 4.78 is 0. The Balaban J connectivity index is 1.16. The average Bonchev–Trinajstić information content (AvgIpc) is 3.24. The highest BCUT2D eigenvalue weighted by atomic mass is 14.2. The molecule has 0 saturated heterocycles. The van der Waals surface area contributed by atoms with E-state index in [0.717, 1.165) is 6.42 Å². The molecule has 0 heterocycles. The fourth-order valence-corrected chi connectivity index (χ4v) is 8.54. The fraction of sp³-hybridized carbons (Fsp3) is 0.0909. The van der Waals surface area contributed by atoms with E-state index in [1.165, 1.54) is 110 Å². The maximum atomic E-state index is 2.39. The van der Waals surface area contributed by atoms with Crippen molar-refractivity contribution in [3.05, 3.63) is 192 Å². The highest BCUT2D eigenvalue weighted by molar-refractivity contribution is 6.16. The standard InChI is InChI=1S/C55H44/c1-5-7-22-46-37(4)36(3)38(16-6-2)32-52(46)41-19-14-18-39(30-41)40-28-29-45-35-55(51-27-13-12-26-50(51)53(45)33-40)43-21-15-20-42(31-43)54-34-44-17-8-9-23-47(44)48-24-10-11-25-49(48)54/h6-35H,5H2,1-4H3/b16-6-,22-7-. The van der Waals surface area contributed by atoms with Crippen molar-refractivity contribution in [2.75, 3.05) is 0 Å². The van der Waals surface area contributed by atoms with E-state index in [-0.39, 0.29) is 0 Å². The van der Waals surface area contributed by atoms with E-state index in [1.807, 2.05) is 0 Å². The van der Waals surface area contributed by atoms with Gasteiger partial charge < -0.3 is 0 Å². The number of hydrogen-bond acceptors (Lipinski definition) is 0. The SMILES string of the molecule is C/C=C\c1cc(-c2cccc(-c3ccc4cc(-c5cccc(-c6cc7ccccc7c7ccccc67)c5)c5ccccc5c4c3)c2)c(/C=C\CC)c(C)c1C. The molecule has 0 amide bonds. The van der Waals surface area contributed by atoms with E-state index in [9.17, 15) is 0 Å². The second-order valence-electron chi connectivity index (χ2n) is 14.7. The van der Waals surface area contributed by atoms with Gasteiger partial charge in [-0.25, -0.2) is 0 Å². The van der Waals surface area contributed by atoms with E-state index in [4.69, 9.17) is 0 Å². The van der Waals surface area contributed by atoms with Crippen LogP contribution < -0.4 is 0 Å². The lowest BCUT2D eigenvalue weighted by molar-refractivity contribution is 1.23. The van der Waals surface area contributed by atoms with E-state index in [2.05, 4.69) is 210 Å². The monoisotopic (exact) mass is 704 g/mol. The summed E-state index contributed by atoms with van der Waals surface area (Å²) in [5.41, 5.74) is 15.2. The molecule has 55 heavy (non-hydrogen) atoms. The number of hydrogen-bond donors (Lipinski definition) is 0. The molecular formula is C55H44. The largest absolute Gasteiger partial charge is 0.0871 e. The Kier molecular flexibility index (Phi) is 8.97. The van der Waals surface area contributed by atoms with E-state index in [1.54, 1.807) is 0 Å². The molecule has 0 bridgehead atoms. The van der Waals surface area contributed by atoms with Crippen molar-refractivity contribution < 1.29 is 0 Å². The quantitative estimate of drug-likeness (QED) is 0.145. The minimum absolute atomic E-state index is 1.01. The van der Waals surface area contributed by atoms with E-state index in [0.29, 0.717) is 0 Å². The van der Waals surface area contributed by atoms with Crippen LogP contribution in [0.5, 0.6) is 0 Å². The molecule has 0 aromatic heterocycles. The molecule has 0 aliphatic heterocycles. The minimum Gasteiger partial charge on any atom is -0.0871 e. The van der Waals surface area contributed by atoms with Gasteiger partial charge in [-0.1, -0.05) is 153 Å². The Hall–Kier alpha value is -6.50. The molecule has 0 spiro atoms. The van der Waals surface area contributed by atoms with Crippen molar-refractivity contribution >= 4 is 55.2 Å². The maximum Gasteiger partial charge on any atom is -0.00988 e. The Morgan fingerprint density at radius 3 is 1.58 bits per heavy atom. The topological polar surface area (TPSA) is 0 Å². The van der Waals surface area contributed by atoms with Gasteiger partial charge in [-0.05, 0) is 173 Å². The molecule has 9 aromatic carbocycles. The molecule has 0 radical (unpaired) electrons. The van der Waals surface area contributed by atoms with Crippen LogP contribution in [0.25, 0.3) is 99.7 Å². The molecule has 0 heteroatoms. The Morgan fingerprint density at radius 1 is 0.400 bits per heavy atom. The highest BCUT2D eigenvalue weighted by Gasteiger charge is 2.15. The second-order valence-corrected chi connectivity index (χ2v) is 14.7. The highest BCUT2D eigenvalue weighted by Crippen LogP contribution is 2.41. The van der Waals surface area contributed by atoms with Gasteiger partial charge in [0.1, 0.15) is 0 Å². The van der Waals surface area contributed by atoms with Crippen molar-refractivity contribution in [2.24, 2.45) is 0 Å². The van der Waals surface area contributed by atoms with Gasteiger partial charge in [0.2, 0.25) is 0 Å².